The van der Waals surface area contributed by atoms with Gasteiger partial charge in [0.05, 0.1) is 0 Å². The van der Waals surface area contributed by atoms with E-state index in [1.54, 1.807) is 24.3 Å². The molecule has 0 saturated carbocycles. The van der Waals surface area contributed by atoms with Crippen LogP contribution in [0, 0.1) is 10.2 Å². The maximum atomic E-state index is 12.7. The molecule has 2 aromatic carbocycles. The van der Waals surface area contributed by atoms with Gasteiger partial charge in [0, 0.05) is 11.6 Å². The second-order valence-corrected chi connectivity index (χ2v) is 10.3. The number of fused-ring (bicyclic) bond motifs is 1. The Kier molecular flexibility index (Phi) is 7.46. The van der Waals surface area contributed by atoms with Gasteiger partial charge in [-0.1, -0.05) is 30.3 Å². The number of carbonyl (C=O) groups is 2. The summed E-state index contributed by atoms with van der Waals surface area (Å²) in [6.07, 6.45) is 4.19. The molecule has 0 spiro atoms. The molecule has 0 aliphatic carbocycles. The van der Waals surface area contributed by atoms with E-state index in [0.29, 0.717) is 33.7 Å². The fourth-order valence-electron chi connectivity index (χ4n) is 3.52. The summed E-state index contributed by atoms with van der Waals surface area (Å²) < 4.78 is 5.92. The Morgan fingerprint density at radius 3 is 2.64 bits per heavy atom. The Hall–Kier alpha value is -3.11. The van der Waals surface area contributed by atoms with Gasteiger partial charge in [-0.2, -0.15) is 0 Å². The summed E-state index contributed by atoms with van der Waals surface area (Å²) in [4.78, 5) is 41.5. The molecule has 0 bridgehead atoms. The van der Waals surface area contributed by atoms with Crippen LogP contribution in [0.3, 0.4) is 0 Å². The van der Waals surface area contributed by atoms with Crippen LogP contribution in [0.25, 0.3) is 28.4 Å². The third-order valence-electron chi connectivity index (χ3n) is 5.17. The van der Waals surface area contributed by atoms with Crippen molar-refractivity contribution in [3.8, 4) is 16.3 Å². The molecule has 1 aromatic heterocycles. The van der Waals surface area contributed by atoms with E-state index < -0.39 is 0 Å². The van der Waals surface area contributed by atoms with E-state index >= 15 is 0 Å². The summed E-state index contributed by atoms with van der Waals surface area (Å²) in [5.74, 6) is 0.188. The van der Waals surface area contributed by atoms with Crippen LogP contribution in [0.15, 0.2) is 68.7 Å². The van der Waals surface area contributed by atoms with Crippen molar-refractivity contribution in [3.63, 3.8) is 0 Å². The second kappa shape index (κ2) is 10.7. The minimum absolute atomic E-state index is 0.0191. The molecular formula is C25H20N2O4SSe. The molecule has 0 atom stereocenters. The van der Waals surface area contributed by atoms with Crippen molar-refractivity contribution < 1.29 is 14.0 Å². The van der Waals surface area contributed by atoms with Crippen LogP contribution in [-0.2, 0) is 4.79 Å². The van der Waals surface area contributed by atoms with E-state index in [4.69, 9.17) is 9.68 Å². The first kappa shape index (κ1) is 23.1. The number of rotatable bonds is 8. The van der Waals surface area contributed by atoms with E-state index in [-0.39, 0.29) is 31.5 Å². The molecule has 0 radical (unpaired) electrons. The SMILES string of the molecule is N#C[Se]CCCCCN1C(=O)S/C(=C\c2ccc3oc(-c4ccccc4)cc(=O)c3c2)C1=O. The number of benzene rings is 2. The Balaban J connectivity index is 1.50. The van der Waals surface area contributed by atoms with Gasteiger partial charge >= 0.3 is 134 Å². The maximum absolute atomic E-state index is 12.7. The van der Waals surface area contributed by atoms with Gasteiger partial charge in [0.15, 0.2) is 5.43 Å². The first-order chi connectivity index (χ1) is 16.1. The minimum atomic E-state index is -0.308. The Morgan fingerprint density at radius 1 is 1.03 bits per heavy atom. The van der Waals surface area contributed by atoms with Gasteiger partial charge in [-0.25, -0.2) is 0 Å². The molecule has 33 heavy (non-hydrogen) atoms. The van der Waals surface area contributed by atoms with E-state index in [0.717, 1.165) is 41.9 Å². The summed E-state index contributed by atoms with van der Waals surface area (Å²) in [5, 5.41) is 9.63. The molecule has 2 heterocycles. The number of hydrogen-bond acceptors (Lipinski definition) is 6. The number of amides is 2. The van der Waals surface area contributed by atoms with Gasteiger partial charge in [-0.15, -0.1) is 0 Å². The van der Waals surface area contributed by atoms with Gasteiger partial charge in [-0.3, -0.25) is 4.79 Å². The van der Waals surface area contributed by atoms with Crippen LogP contribution in [0.1, 0.15) is 24.8 Å². The summed E-state index contributed by atoms with van der Waals surface area (Å²) >= 11 is 0.934. The topological polar surface area (TPSA) is 91.4 Å². The Morgan fingerprint density at radius 2 is 1.85 bits per heavy atom. The standard InChI is InChI=1S/C25H20N2O4SSe/c26-16-33-12-6-2-5-11-27-24(29)23(32-25(27)30)14-17-9-10-21-19(13-17)20(28)15-22(31-21)18-7-3-1-4-8-18/h1,3-4,7-10,13-15H,2,5-6,11-12H2/b23-14-. The van der Waals surface area contributed by atoms with Gasteiger partial charge in [0.25, 0.3) is 0 Å². The predicted molar refractivity (Wildman–Crippen MR) is 131 cm³/mol. The van der Waals surface area contributed by atoms with E-state index in [1.807, 2.05) is 30.3 Å². The fourth-order valence-corrected chi connectivity index (χ4v) is 5.31. The monoisotopic (exact) mass is 524 g/mol. The molecule has 2 amide bonds. The Labute approximate surface area is 201 Å². The molecule has 1 aliphatic rings. The number of imide groups is 1. The zero-order valence-electron chi connectivity index (χ0n) is 17.7. The molecule has 1 saturated heterocycles. The summed E-state index contributed by atoms with van der Waals surface area (Å²) in [5.41, 5.74) is 1.77. The van der Waals surface area contributed by atoms with Crippen LogP contribution in [-0.4, -0.2) is 37.5 Å². The van der Waals surface area contributed by atoms with Crippen molar-refractivity contribution in [2.75, 3.05) is 6.54 Å². The number of hydrogen-bond donors (Lipinski definition) is 0. The van der Waals surface area contributed by atoms with Gasteiger partial charge in [0.1, 0.15) is 11.3 Å². The van der Waals surface area contributed by atoms with Crippen LogP contribution < -0.4 is 5.43 Å². The van der Waals surface area contributed by atoms with Gasteiger partial charge in [0.2, 0.25) is 0 Å². The van der Waals surface area contributed by atoms with Crippen LogP contribution >= 0.6 is 11.8 Å². The first-order valence-electron chi connectivity index (χ1n) is 10.5. The number of nitriles is 1. The average Bonchev–Trinajstić information content (AvgIpc) is 3.09. The first-order valence-corrected chi connectivity index (χ1v) is 13.3. The summed E-state index contributed by atoms with van der Waals surface area (Å²) in [7, 11) is 0. The predicted octanol–water partition coefficient (Wildman–Crippen LogP) is 5.27. The number of carbonyl (C=O) groups excluding carboxylic acids is 2. The molecule has 4 rings (SSSR count). The van der Waals surface area contributed by atoms with Crippen molar-refractivity contribution in [2.24, 2.45) is 0 Å². The normalized spacial score (nSPS) is 14.9. The molecule has 0 unspecified atom stereocenters. The summed E-state index contributed by atoms with van der Waals surface area (Å²) in [6.45, 7) is 0.380. The molecule has 8 heteroatoms. The zero-order chi connectivity index (χ0) is 23.2. The van der Waals surface area contributed by atoms with E-state index in [1.165, 1.54) is 11.0 Å². The van der Waals surface area contributed by atoms with Gasteiger partial charge in [-0.05, 0) is 0 Å². The third kappa shape index (κ3) is 5.45. The van der Waals surface area contributed by atoms with Crippen molar-refractivity contribution in [3.05, 3.63) is 75.3 Å². The van der Waals surface area contributed by atoms with Crippen LogP contribution in [0.5, 0.6) is 0 Å². The molecular weight excluding hydrogens is 503 g/mol. The number of nitrogens with zero attached hydrogens (tertiary/aromatic N) is 2. The third-order valence-corrected chi connectivity index (χ3v) is 7.39. The van der Waals surface area contributed by atoms with E-state index in [9.17, 15) is 14.4 Å². The van der Waals surface area contributed by atoms with Crippen molar-refractivity contribution >= 4 is 54.9 Å². The molecule has 3 aromatic rings. The fraction of sp³-hybridized carbons (Fsp3) is 0.200. The van der Waals surface area contributed by atoms with Crippen molar-refractivity contribution in [1.82, 2.24) is 4.90 Å². The van der Waals surface area contributed by atoms with Crippen LogP contribution in [0.2, 0.25) is 5.32 Å². The number of thioether (sulfide) groups is 1. The molecule has 166 valence electrons. The molecule has 1 aliphatic heterocycles. The summed E-state index contributed by atoms with van der Waals surface area (Å²) in [6, 6.07) is 16.0. The average molecular weight is 523 g/mol. The Bertz CT molecular complexity index is 1330. The number of unbranched alkanes of at least 4 members (excludes halogenated alkanes) is 2. The molecule has 0 N–H and O–H groups in total. The van der Waals surface area contributed by atoms with Gasteiger partial charge < -0.3 is 4.42 Å². The quantitative estimate of drug-likeness (QED) is 0.227. The molecule has 1 fully saturated rings. The second-order valence-electron chi connectivity index (χ2n) is 7.43. The molecule has 6 nitrogen and oxygen atoms in total. The van der Waals surface area contributed by atoms with Crippen LogP contribution in [0.4, 0.5) is 4.79 Å². The zero-order valence-corrected chi connectivity index (χ0v) is 20.2. The van der Waals surface area contributed by atoms with Crippen molar-refractivity contribution in [1.29, 1.82) is 5.26 Å². The van der Waals surface area contributed by atoms with E-state index in [2.05, 4.69) is 4.97 Å². The van der Waals surface area contributed by atoms with Crippen molar-refractivity contribution in [2.45, 2.75) is 24.6 Å².